The Bertz CT molecular complexity index is 989. The quantitative estimate of drug-likeness (QED) is 0.717. The van der Waals surface area contributed by atoms with Gasteiger partial charge in [-0.3, -0.25) is 4.79 Å². The van der Waals surface area contributed by atoms with E-state index in [-0.39, 0.29) is 5.56 Å². The molecule has 3 rings (SSSR count). The SMILES string of the molecule is O=C(Nc1ccc(N2CCCCC2)nc1)c1cccc(S(=O)(=O)NCC(F)(F)F)c1. The molecule has 0 atom stereocenters. The maximum absolute atomic E-state index is 12.5. The minimum Gasteiger partial charge on any atom is -0.357 e. The van der Waals surface area contributed by atoms with Crippen LogP contribution in [0, 0.1) is 0 Å². The third kappa shape index (κ3) is 5.92. The van der Waals surface area contributed by atoms with Crippen LogP contribution in [0.4, 0.5) is 24.7 Å². The van der Waals surface area contributed by atoms with Crippen LogP contribution in [-0.4, -0.2) is 45.1 Å². The number of hydrogen-bond acceptors (Lipinski definition) is 5. The molecule has 0 saturated carbocycles. The van der Waals surface area contributed by atoms with Gasteiger partial charge in [0, 0.05) is 18.7 Å². The molecule has 11 heteroatoms. The van der Waals surface area contributed by atoms with Gasteiger partial charge in [0.1, 0.15) is 12.4 Å². The number of amides is 1. The first kappa shape index (κ1) is 22.0. The fraction of sp³-hybridized carbons (Fsp3) is 0.368. The van der Waals surface area contributed by atoms with Gasteiger partial charge in [-0.2, -0.15) is 13.2 Å². The molecule has 1 aliphatic heterocycles. The summed E-state index contributed by atoms with van der Waals surface area (Å²) in [5.74, 6) is 0.215. The number of piperidine rings is 1. The molecule has 2 aromatic rings. The fourth-order valence-electron chi connectivity index (χ4n) is 3.04. The first-order chi connectivity index (χ1) is 14.1. The molecule has 1 fully saturated rings. The number of halogens is 3. The summed E-state index contributed by atoms with van der Waals surface area (Å²) in [6, 6.07) is 8.28. The third-order valence-corrected chi connectivity index (χ3v) is 5.95. The number of rotatable bonds is 6. The molecule has 7 nitrogen and oxygen atoms in total. The van der Waals surface area contributed by atoms with Crippen molar-refractivity contribution < 1.29 is 26.4 Å². The zero-order chi connectivity index (χ0) is 21.8. The molecule has 2 heterocycles. The molecule has 0 radical (unpaired) electrons. The van der Waals surface area contributed by atoms with E-state index in [0.29, 0.717) is 5.69 Å². The predicted molar refractivity (Wildman–Crippen MR) is 106 cm³/mol. The van der Waals surface area contributed by atoms with Crippen molar-refractivity contribution in [2.75, 3.05) is 29.9 Å². The molecule has 0 bridgehead atoms. The maximum atomic E-state index is 12.5. The van der Waals surface area contributed by atoms with Crippen LogP contribution in [0.15, 0.2) is 47.5 Å². The summed E-state index contributed by atoms with van der Waals surface area (Å²) in [7, 11) is -4.41. The number of benzene rings is 1. The fourth-order valence-corrected chi connectivity index (χ4v) is 4.10. The van der Waals surface area contributed by atoms with Gasteiger partial charge in [0.2, 0.25) is 10.0 Å². The van der Waals surface area contributed by atoms with E-state index in [1.54, 1.807) is 12.1 Å². The van der Waals surface area contributed by atoms with Crippen molar-refractivity contribution in [3.8, 4) is 0 Å². The Morgan fingerprint density at radius 2 is 1.83 bits per heavy atom. The summed E-state index contributed by atoms with van der Waals surface area (Å²) < 4.78 is 62.5. The lowest BCUT2D eigenvalue weighted by molar-refractivity contribution is -0.121. The molecule has 1 aromatic heterocycles. The third-order valence-electron chi connectivity index (χ3n) is 4.55. The first-order valence-electron chi connectivity index (χ1n) is 9.33. The highest BCUT2D eigenvalue weighted by molar-refractivity contribution is 7.89. The summed E-state index contributed by atoms with van der Waals surface area (Å²) in [4.78, 5) is 18.5. The van der Waals surface area contributed by atoms with Crippen LogP contribution in [0.1, 0.15) is 29.6 Å². The molecule has 2 N–H and O–H groups in total. The molecule has 1 saturated heterocycles. The van der Waals surface area contributed by atoms with E-state index < -0.39 is 33.5 Å². The van der Waals surface area contributed by atoms with Gasteiger partial charge in [0.05, 0.1) is 16.8 Å². The summed E-state index contributed by atoms with van der Waals surface area (Å²) >= 11 is 0. The topological polar surface area (TPSA) is 91.4 Å². The number of nitrogens with one attached hydrogen (secondary N) is 2. The molecule has 162 valence electrons. The minimum atomic E-state index is -4.69. The van der Waals surface area contributed by atoms with E-state index in [2.05, 4.69) is 15.2 Å². The lowest BCUT2D eigenvalue weighted by atomic mass is 10.1. The van der Waals surface area contributed by atoms with E-state index in [4.69, 9.17) is 0 Å². The number of aromatic nitrogens is 1. The van der Waals surface area contributed by atoms with E-state index in [1.165, 1.54) is 29.5 Å². The Kier molecular flexibility index (Phi) is 6.61. The Morgan fingerprint density at radius 1 is 1.10 bits per heavy atom. The van der Waals surface area contributed by atoms with Crippen molar-refractivity contribution in [2.24, 2.45) is 0 Å². The van der Waals surface area contributed by atoms with Gasteiger partial charge < -0.3 is 10.2 Å². The smallest absolute Gasteiger partial charge is 0.357 e. The molecular formula is C19H21F3N4O3S. The van der Waals surface area contributed by atoms with Gasteiger partial charge in [0.25, 0.3) is 5.91 Å². The Hall–Kier alpha value is -2.66. The predicted octanol–water partition coefficient (Wildman–Crippen LogP) is 3.16. The molecule has 0 unspecified atom stereocenters. The number of nitrogens with zero attached hydrogens (tertiary/aromatic N) is 2. The Balaban J connectivity index is 1.68. The van der Waals surface area contributed by atoms with Gasteiger partial charge >= 0.3 is 6.18 Å². The number of hydrogen-bond donors (Lipinski definition) is 2. The lowest BCUT2D eigenvalue weighted by Crippen LogP contribution is -2.33. The summed E-state index contributed by atoms with van der Waals surface area (Å²) in [5, 5.41) is 2.61. The van der Waals surface area contributed by atoms with Gasteiger partial charge in [-0.25, -0.2) is 18.1 Å². The van der Waals surface area contributed by atoms with Gasteiger partial charge in [-0.1, -0.05) is 6.07 Å². The molecule has 30 heavy (non-hydrogen) atoms. The average molecular weight is 442 g/mol. The Labute approximate surface area is 172 Å². The molecule has 0 aliphatic carbocycles. The first-order valence-corrected chi connectivity index (χ1v) is 10.8. The van der Waals surface area contributed by atoms with Crippen LogP contribution in [0.2, 0.25) is 0 Å². The van der Waals surface area contributed by atoms with Gasteiger partial charge in [-0.15, -0.1) is 0 Å². The second kappa shape index (κ2) is 9.00. The number of sulfonamides is 1. The molecule has 0 spiro atoms. The van der Waals surface area contributed by atoms with Crippen LogP contribution in [0.25, 0.3) is 0 Å². The highest BCUT2D eigenvalue weighted by Gasteiger charge is 2.30. The summed E-state index contributed by atoms with van der Waals surface area (Å²) in [5.41, 5.74) is 0.411. The zero-order valence-electron chi connectivity index (χ0n) is 15.9. The van der Waals surface area contributed by atoms with Crippen LogP contribution in [-0.2, 0) is 10.0 Å². The van der Waals surface area contributed by atoms with Crippen LogP contribution in [0.5, 0.6) is 0 Å². The second-order valence-electron chi connectivity index (χ2n) is 6.87. The second-order valence-corrected chi connectivity index (χ2v) is 8.64. The Morgan fingerprint density at radius 3 is 2.47 bits per heavy atom. The normalized spacial score (nSPS) is 15.1. The highest BCUT2D eigenvalue weighted by Crippen LogP contribution is 2.20. The monoisotopic (exact) mass is 442 g/mol. The minimum absolute atomic E-state index is 0.00927. The highest BCUT2D eigenvalue weighted by atomic mass is 32.2. The van der Waals surface area contributed by atoms with Crippen molar-refractivity contribution in [1.82, 2.24) is 9.71 Å². The van der Waals surface area contributed by atoms with Crippen LogP contribution in [0.3, 0.4) is 0 Å². The number of carbonyl (C=O) groups excluding carboxylic acids is 1. The lowest BCUT2D eigenvalue weighted by Gasteiger charge is -2.27. The standard InChI is InChI=1S/C19H21F3N4O3S/c20-19(21,22)13-24-30(28,29)16-6-4-5-14(11-16)18(27)25-15-7-8-17(23-12-15)26-9-2-1-3-10-26/h4-8,11-12,24H,1-3,9-10,13H2,(H,25,27). The van der Waals surface area contributed by atoms with Gasteiger partial charge in [0.15, 0.2) is 0 Å². The van der Waals surface area contributed by atoms with Crippen LogP contribution < -0.4 is 14.9 Å². The van der Waals surface area contributed by atoms with Gasteiger partial charge in [-0.05, 0) is 49.6 Å². The largest absolute Gasteiger partial charge is 0.402 e. The number of pyridine rings is 1. The van der Waals surface area contributed by atoms with Crippen molar-refractivity contribution >= 4 is 27.4 Å². The number of anilines is 2. The summed E-state index contributed by atoms with van der Waals surface area (Å²) in [6.07, 6.45) is 0.238. The van der Waals surface area contributed by atoms with Crippen molar-refractivity contribution in [3.63, 3.8) is 0 Å². The zero-order valence-corrected chi connectivity index (χ0v) is 16.8. The average Bonchev–Trinajstić information content (AvgIpc) is 2.73. The van der Waals surface area contributed by atoms with Crippen LogP contribution >= 0.6 is 0 Å². The van der Waals surface area contributed by atoms with E-state index in [1.807, 2.05) is 0 Å². The van der Waals surface area contributed by atoms with Crippen molar-refractivity contribution in [3.05, 3.63) is 48.2 Å². The van der Waals surface area contributed by atoms with Crippen molar-refractivity contribution in [1.29, 1.82) is 0 Å². The molecule has 1 amide bonds. The number of carbonyl (C=O) groups is 1. The van der Waals surface area contributed by atoms with E-state index in [0.717, 1.165) is 43.9 Å². The van der Waals surface area contributed by atoms with Crippen molar-refractivity contribution in [2.45, 2.75) is 30.3 Å². The molecule has 1 aromatic carbocycles. The molecular weight excluding hydrogens is 421 g/mol. The van der Waals surface area contributed by atoms with E-state index >= 15 is 0 Å². The summed E-state index contributed by atoms with van der Waals surface area (Å²) in [6.45, 7) is 0.172. The molecule has 1 aliphatic rings. The maximum Gasteiger partial charge on any atom is 0.402 e. The van der Waals surface area contributed by atoms with E-state index in [9.17, 15) is 26.4 Å². The number of alkyl halides is 3.